The van der Waals surface area contributed by atoms with Crippen LogP contribution < -0.4 is 15.4 Å². The average Bonchev–Trinajstić information content (AvgIpc) is 3.27. The van der Waals surface area contributed by atoms with Gasteiger partial charge in [-0.15, -0.1) is 0 Å². The van der Waals surface area contributed by atoms with E-state index >= 15 is 0 Å². The Balaban J connectivity index is 1.71. The highest BCUT2D eigenvalue weighted by Gasteiger charge is 2.24. The van der Waals surface area contributed by atoms with E-state index in [0.717, 1.165) is 49.3 Å². The van der Waals surface area contributed by atoms with E-state index in [9.17, 15) is 0 Å². The number of hydrogen-bond donors (Lipinski definition) is 2. The number of hydrogen-bond acceptors (Lipinski definition) is 4. The van der Waals surface area contributed by atoms with Gasteiger partial charge >= 0.3 is 0 Å². The minimum atomic E-state index is 0.286. The maximum absolute atomic E-state index is 5.45. The van der Waals surface area contributed by atoms with Gasteiger partial charge in [0.05, 0.1) is 25.4 Å². The summed E-state index contributed by atoms with van der Waals surface area (Å²) in [5.41, 5.74) is 3.27. The second kappa shape index (κ2) is 10.8. The van der Waals surface area contributed by atoms with Crippen molar-refractivity contribution in [3.8, 4) is 5.75 Å². The normalized spacial score (nSPS) is 15.9. The molecule has 0 saturated carbocycles. The van der Waals surface area contributed by atoms with Crippen molar-refractivity contribution in [1.82, 2.24) is 20.5 Å². The zero-order valence-corrected chi connectivity index (χ0v) is 17.8. The quantitative estimate of drug-likeness (QED) is 0.531. The van der Waals surface area contributed by atoms with Crippen LogP contribution in [0, 0.1) is 6.92 Å². The summed E-state index contributed by atoms with van der Waals surface area (Å²) in [5.74, 6) is 1.72. The average molecular weight is 396 g/mol. The van der Waals surface area contributed by atoms with Gasteiger partial charge in [0.2, 0.25) is 0 Å². The van der Waals surface area contributed by atoms with E-state index in [1.165, 1.54) is 18.4 Å². The molecule has 0 aliphatic carbocycles. The molecule has 29 heavy (non-hydrogen) atoms. The Bertz CT molecular complexity index is 801. The first-order valence-corrected chi connectivity index (χ1v) is 10.5. The third kappa shape index (κ3) is 6.19. The fourth-order valence-corrected chi connectivity index (χ4v) is 3.74. The number of guanidine groups is 1. The summed E-state index contributed by atoms with van der Waals surface area (Å²) in [5, 5.41) is 6.90. The zero-order chi connectivity index (χ0) is 20.5. The molecule has 6 heteroatoms. The Morgan fingerprint density at radius 2 is 1.97 bits per heavy atom. The Kier molecular flexibility index (Phi) is 7.87. The van der Waals surface area contributed by atoms with Gasteiger partial charge in [-0.1, -0.05) is 18.2 Å². The number of nitrogens with one attached hydrogen (secondary N) is 2. The van der Waals surface area contributed by atoms with Crippen LogP contribution in [0.3, 0.4) is 0 Å². The Labute approximate surface area is 174 Å². The van der Waals surface area contributed by atoms with Crippen molar-refractivity contribution in [1.29, 1.82) is 0 Å². The molecule has 1 aromatic carbocycles. The number of benzene rings is 1. The van der Waals surface area contributed by atoms with Crippen molar-refractivity contribution in [2.24, 2.45) is 4.99 Å². The highest BCUT2D eigenvalue weighted by molar-refractivity contribution is 5.79. The number of likely N-dealkylation sites (tertiary alicyclic amines) is 1. The summed E-state index contributed by atoms with van der Waals surface area (Å²) in [6, 6.07) is 14.7. The number of rotatable bonds is 8. The summed E-state index contributed by atoms with van der Waals surface area (Å²) in [7, 11) is 1.72. The first-order valence-electron chi connectivity index (χ1n) is 10.5. The van der Waals surface area contributed by atoms with Crippen molar-refractivity contribution in [3.63, 3.8) is 0 Å². The van der Waals surface area contributed by atoms with Crippen molar-refractivity contribution < 1.29 is 4.74 Å². The lowest BCUT2D eigenvalue weighted by molar-refractivity contribution is 0.245. The molecular weight excluding hydrogens is 362 g/mol. The van der Waals surface area contributed by atoms with Crippen LogP contribution >= 0.6 is 0 Å². The standard InChI is InChI=1S/C23H33N5O/c1-4-24-23(25-16-20-11-7-9-18(2)27-20)26-17-22(28-13-5-6-14-28)19-10-8-12-21(15-19)29-3/h7-12,15,22H,4-6,13-14,16-17H2,1-3H3,(H2,24,25,26). The van der Waals surface area contributed by atoms with Crippen molar-refractivity contribution in [2.45, 2.75) is 39.3 Å². The first kappa shape index (κ1) is 21.1. The van der Waals surface area contributed by atoms with E-state index in [-0.39, 0.29) is 6.04 Å². The number of pyridine rings is 1. The van der Waals surface area contributed by atoms with Gasteiger partial charge in [-0.3, -0.25) is 9.88 Å². The molecular formula is C23H33N5O. The Morgan fingerprint density at radius 3 is 2.69 bits per heavy atom. The van der Waals surface area contributed by atoms with Crippen LogP contribution in [0.15, 0.2) is 47.5 Å². The van der Waals surface area contributed by atoms with Crippen molar-refractivity contribution in [3.05, 3.63) is 59.4 Å². The van der Waals surface area contributed by atoms with Gasteiger partial charge in [0.15, 0.2) is 5.96 Å². The Hall–Kier alpha value is -2.60. The van der Waals surface area contributed by atoms with Crippen LogP contribution in [0.2, 0.25) is 0 Å². The monoisotopic (exact) mass is 395 g/mol. The topological polar surface area (TPSA) is 61.8 Å². The van der Waals surface area contributed by atoms with E-state index in [1.54, 1.807) is 7.11 Å². The van der Waals surface area contributed by atoms with Crippen LogP contribution in [0.5, 0.6) is 5.75 Å². The van der Waals surface area contributed by atoms with Crippen LogP contribution in [-0.2, 0) is 6.54 Å². The van der Waals surface area contributed by atoms with Gasteiger partial charge in [-0.25, -0.2) is 4.99 Å². The van der Waals surface area contributed by atoms with Gasteiger partial charge in [-0.05, 0) is 69.6 Å². The molecule has 1 unspecified atom stereocenters. The molecule has 2 heterocycles. The van der Waals surface area contributed by atoms with Crippen LogP contribution in [-0.4, -0.2) is 49.1 Å². The molecule has 156 valence electrons. The minimum absolute atomic E-state index is 0.286. The molecule has 1 fully saturated rings. The number of aliphatic imine (C=N–C) groups is 1. The van der Waals surface area contributed by atoms with Crippen molar-refractivity contribution >= 4 is 5.96 Å². The summed E-state index contributed by atoms with van der Waals surface area (Å²) in [6.45, 7) is 8.52. The molecule has 2 aromatic rings. The maximum atomic E-state index is 5.45. The molecule has 1 saturated heterocycles. The molecule has 1 atom stereocenters. The number of methoxy groups -OCH3 is 1. The largest absolute Gasteiger partial charge is 0.497 e. The lowest BCUT2D eigenvalue weighted by Crippen LogP contribution is -2.42. The minimum Gasteiger partial charge on any atom is -0.497 e. The highest BCUT2D eigenvalue weighted by atomic mass is 16.5. The van der Waals surface area contributed by atoms with E-state index < -0.39 is 0 Å². The van der Waals surface area contributed by atoms with Crippen LogP contribution in [0.1, 0.15) is 42.8 Å². The van der Waals surface area contributed by atoms with Gasteiger partial charge in [-0.2, -0.15) is 0 Å². The lowest BCUT2D eigenvalue weighted by Gasteiger charge is -2.29. The van der Waals surface area contributed by atoms with Gasteiger partial charge in [0, 0.05) is 18.8 Å². The fraction of sp³-hybridized carbons (Fsp3) is 0.478. The fourth-order valence-electron chi connectivity index (χ4n) is 3.74. The summed E-state index contributed by atoms with van der Waals surface area (Å²) < 4.78 is 5.45. The molecule has 1 aromatic heterocycles. The van der Waals surface area contributed by atoms with E-state index in [4.69, 9.17) is 9.73 Å². The second-order valence-electron chi connectivity index (χ2n) is 7.38. The SMILES string of the molecule is CCNC(=NCc1cccc(C)n1)NCC(c1cccc(OC)c1)N1CCCC1. The third-order valence-corrected chi connectivity index (χ3v) is 5.21. The van der Waals surface area contributed by atoms with Crippen molar-refractivity contribution in [2.75, 3.05) is 33.3 Å². The highest BCUT2D eigenvalue weighted by Crippen LogP contribution is 2.27. The first-order chi connectivity index (χ1) is 14.2. The molecule has 1 aliphatic rings. The molecule has 0 radical (unpaired) electrons. The predicted octanol–water partition coefficient (Wildman–Crippen LogP) is 3.29. The predicted molar refractivity (Wildman–Crippen MR) is 118 cm³/mol. The van der Waals surface area contributed by atoms with Gasteiger partial charge in [0.1, 0.15) is 5.75 Å². The Morgan fingerprint density at radius 1 is 1.17 bits per heavy atom. The summed E-state index contributed by atoms with van der Waals surface area (Å²) in [6.07, 6.45) is 2.52. The summed E-state index contributed by atoms with van der Waals surface area (Å²) >= 11 is 0. The van der Waals surface area contributed by atoms with E-state index in [1.807, 2.05) is 31.2 Å². The third-order valence-electron chi connectivity index (χ3n) is 5.21. The van der Waals surface area contributed by atoms with Gasteiger partial charge in [0.25, 0.3) is 0 Å². The lowest BCUT2D eigenvalue weighted by atomic mass is 10.1. The smallest absolute Gasteiger partial charge is 0.191 e. The molecule has 1 aliphatic heterocycles. The number of ether oxygens (including phenoxy) is 1. The number of aromatic nitrogens is 1. The van der Waals surface area contributed by atoms with Crippen LogP contribution in [0.4, 0.5) is 0 Å². The molecule has 0 spiro atoms. The molecule has 6 nitrogen and oxygen atoms in total. The zero-order valence-electron chi connectivity index (χ0n) is 17.8. The summed E-state index contributed by atoms with van der Waals surface area (Å²) in [4.78, 5) is 11.8. The molecule has 2 N–H and O–H groups in total. The molecule has 0 amide bonds. The second-order valence-corrected chi connectivity index (χ2v) is 7.38. The molecule has 3 rings (SSSR count). The van der Waals surface area contributed by atoms with Crippen LogP contribution in [0.25, 0.3) is 0 Å². The maximum Gasteiger partial charge on any atom is 0.191 e. The van der Waals surface area contributed by atoms with E-state index in [0.29, 0.717) is 6.54 Å². The van der Waals surface area contributed by atoms with E-state index in [2.05, 4.69) is 45.6 Å². The molecule has 0 bridgehead atoms. The number of nitrogens with zero attached hydrogens (tertiary/aromatic N) is 3. The van der Waals surface area contributed by atoms with Gasteiger partial charge < -0.3 is 15.4 Å². The number of aryl methyl sites for hydroxylation is 1.